The van der Waals surface area contributed by atoms with Crippen molar-refractivity contribution in [2.24, 2.45) is 5.73 Å². The van der Waals surface area contributed by atoms with Crippen LogP contribution >= 0.6 is 0 Å². The summed E-state index contributed by atoms with van der Waals surface area (Å²) in [6.45, 7) is 4.32. The predicted octanol–water partition coefficient (Wildman–Crippen LogP) is 2.16. The van der Waals surface area contributed by atoms with Crippen molar-refractivity contribution >= 4 is 0 Å². The van der Waals surface area contributed by atoms with Crippen molar-refractivity contribution < 1.29 is 0 Å². The molecule has 0 spiro atoms. The van der Waals surface area contributed by atoms with Gasteiger partial charge in [0.05, 0.1) is 0 Å². The van der Waals surface area contributed by atoms with Gasteiger partial charge < -0.3 is 11.1 Å². The fourth-order valence-corrected chi connectivity index (χ4v) is 1.95. The maximum atomic E-state index is 5.84. The molecule has 0 bridgehead atoms. The Morgan fingerprint density at radius 3 is 2.54 bits per heavy atom. The van der Waals surface area contributed by atoms with E-state index in [1.165, 1.54) is 31.4 Å². The molecule has 0 atom stereocenters. The van der Waals surface area contributed by atoms with Gasteiger partial charge in [0.25, 0.3) is 0 Å². The minimum Gasteiger partial charge on any atom is -0.386 e. The molecular weight excluding hydrogens is 160 g/mol. The fourth-order valence-electron chi connectivity index (χ4n) is 1.95. The maximum absolute atomic E-state index is 5.84. The molecule has 0 aliphatic heterocycles. The summed E-state index contributed by atoms with van der Waals surface area (Å²) in [5.41, 5.74) is 7.17. The minimum atomic E-state index is 0.452. The zero-order valence-corrected chi connectivity index (χ0v) is 8.84. The Morgan fingerprint density at radius 2 is 2.00 bits per heavy atom. The highest BCUT2D eigenvalue weighted by atomic mass is 14.9. The van der Waals surface area contributed by atoms with Gasteiger partial charge in [-0.25, -0.2) is 0 Å². The van der Waals surface area contributed by atoms with Gasteiger partial charge in [0, 0.05) is 17.8 Å². The summed E-state index contributed by atoms with van der Waals surface area (Å²) in [6.07, 6.45) is 8.18. The van der Waals surface area contributed by atoms with Crippen molar-refractivity contribution in [3.63, 3.8) is 0 Å². The van der Waals surface area contributed by atoms with E-state index < -0.39 is 0 Å². The van der Waals surface area contributed by atoms with Crippen LogP contribution in [-0.4, -0.2) is 12.1 Å². The summed E-state index contributed by atoms with van der Waals surface area (Å²) in [4.78, 5) is 0. The molecule has 3 N–H and O–H groups in total. The Labute approximate surface area is 81.6 Å². The highest BCUT2D eigenvalue weighted by Crippen LogP contribution is 2.17. The molecule has 2 nitrogen and oxygen atoms in total. The van der Waals surface area contributed by atoms with Crippen LogP contribution in [0.3, 0.4) is 0 Å². The summed E-state index contributed by atoms with van der Waals surface area (Å²) in [7, 11) is 0. The predicted molar refractivity (Wildman–Crippen MR) is 57.4 cm³/mol. The highest BCUT2D eigenvalue weighted by molar-refractivity contribution is 4.97. The van der Waals surface area contributed by atoms with Crippen LogP contribution < -0.4 is 11.1 Å². The summed E-state index contributed by atoms with van der Waals surface area (Å²) in [6, 6.07) is 1.12. The van der Waals surface area contributed by atoms with Gasteiger partial charge in [-0.2, -0.15) is 0 Å². The molecule has 0 unspecified atom stereocenters. The standard InChI is InChI=1S/C11H22N2/c1-3-4-9(2)13-11-7-5-10(12)6-8-11/h4,10-11,13H,3,5-8,12H2,1-2H3/b9-4+. The van der Waals surface area contributed by atoms with E-state index in [9.17, 15) is 0 Å². The van der Waals surface area contributed by atoms with Crippen molar-refractivity contribution in [1.29, 1.82) is 0 Å². The number of hydrogen-bond donors (Lipinski definition) is 2. The van der Waals surface area contributed by atoms with Gasteiger partial charge >= 0.3 is 0 Å². The lowest BCUT2D eigenvalue weighted by atomic mass is 9.92. The summed E-state index contributed by atoms with van der Waals surface area (Å²) >= 11 is 0. The van der Waals surface area contributed by atoms with E-state index in [2.05, 4.69) is 25.2 Å². The van der Waals surface area contributed by atoms with Gasteiger partial charge in [-0.15, -0.1) is 0 Å². The van der Waals surface area contributed by atoms with E-state index in [0.29, 0.717) is 12.1 Å². The third-order valence-corrected chi connectivity index (χ3v) is 2.71. The van der Waals surface area contributed by atoms with Crippen LogP contribution in [0, 0.1) is 0 Å². The zero-order chi connectivity index (χ0) is 9.68. The number of hydrogen-bond acceptors (Lipinski definition) is 2. The van der Waals surface area contributed by atoms with Gasteiger partial charge in [0.15, 0.2) is 0 Å². The lowest BCUT2D eigenvalue weighted by molar-refractivity contribution is 0.360. The van der Waals surface area contributed by atoms with Crippen LogP contribution in [0.4, 0.5) is 0 Å². The molecule has 0 aromatic carbocycles. The molecule has 1 aliphatic rings. The van der Waals surface area contributed by atoms with Crippen LogP contribution in [0.15, 0.2) is 11.8 Å². The van der Waals surface area contributed by atoms with Crippen LogP contribution in [0.5, 0.6) is 0 Å². The molecule has 0 aromatic heterocycles. The molecule has 1 fully saturated rings. The van der Waals surface area contributed by atoms with Crippen molar-refractivity contribution in [1.82, 2.24) is 5.32 Å². The molecule has 76 valence electrons. The first-order valence-corrected chi connectivity index (χ1v) is 5.41. The Hall–Kier alpha value is -0.500. The lowest BCUT2D eigenvalue weighted by Gasteiger charge is -2.27. The molecule has 0 amide bonds. The summed E-state index contributed by atoms with van der Waals surface area (Å²) < 4.78 is 0. The molecule has 2 heteroatoms. The number of nitrogens with two attached hydrogens (primary N) is 1. The molecule has 13 heavy (non-hydrogen) atoms. The molecule has 1 rings (SSSR count). The molecule has 0 heterocycles. The van der Waals surface area contributed by atoms with Crippen LogP contribution in [0.25, 0.3) is 0 Å². The van der Waals surface area contributed by atoms with E-state index in [0.717, 1.165) is 6.42 Å². The average molecular weight is 182 g/mol. The number of rotatable bonds is 3. The first-order valence-electron chi connectivity index (χ1n) is 5.41. The van der Waals surface area contributed by atoms with Crippen molar-refractivity contribution in [3.05, 3.63) is 11.8 Å². The normalized spacial score (nSPS) is 30.2. The number of nitrogens with one attached hydrogen (secondary N) is 1. The Morgan fingerprint density at radius 1 is 1.38 bits per heavy atom. The van der Waals surface area contributed by atoms with Crippen molar-refractivity contribution in [2.75, 3.05) is 0 Å². The summed E-state index contributed by atoms with van der Waals surface area (Å²) in [5.74, 6) is 0. The van der Waals surface area contributed by atoms with Crippen LogP contribution in [-0.2, 0) is 0 Å². The first kappa shape index (κ1) is 10.6. The molecular formula is C11H22N2. The number of allylic oxidation sites excluding steroid dienone is 2. The highest BCUT2D eigenvalue weighted by Gasteiger charge is 2.17. The fraction of sp³-hybridized carbons (Fsp3) is 0.818. The zero-order valence-electron chi connectivity index (χ0n) is 8.84. The van der Waals surface area contributed by atoms with E-state index in [1.54, 1.807) is 0 Å². The first-order chi connectivity index (χ1) is 6.22. The quantitative estimate of drug-likeness (QED) is 0.702. The lowest BCUT2D eigenvalue weighted by Crippen LogP contribution is -2.36. The molecule has 0 saturated heterocycles. The third kappa shape index (κ3) is 3.81. The minimum absolute atomic E-state index is 0.452. The van der Waals surface area contributed by atoms with Gasteiger partial charge in [0.2, 0.25) is 0 Å². The smallest absolute Gasteiger partial charge is 0.0259 e. The van der Waals surface area contributed by atoms with E-state index in [-0.39, 0.29) is 0 Å². The summed E-state index contributed by atoms with van der Waals surface area (Å²) in [5, 5.41) is 3.55. The maximum Gasteiger partial charge on any atom is 0.0259 e. The second kappa shape index (κ2) is 5.28. The Balaban J connectivity index is 2.26. The monoisotopic (exact) mass is 182 g/mol. The molecule has 0 aromatic rings. The van der Waals surface area contributed by atoms with E-state index in [4.69, 9.17) is 5.73 Å². The van der Waals surface area contributed by atoms with Crippen molar-refractivity contribution in [3.8, 4) is 0 Å². The molecule has 1 saturated carbocycles. The van der Waals surface area contributed by atoms with Gasteiger partial charge in [-0.1, -0.05) is 13.0 Å². The van der Waals surface area contributed by atoms with Gasteiger partial charge in [-0.05, 0) is 39.0 Å². The molecule has 1 aliphatic carbocycles. The van der Waals surface area contributed by atoms with Crippen LogP contribution in [0.1, 0.15) is 46.0 Å². The second-order valence-corrected chi connectivity index (χ2v) is 4.05. The Kier molecular flexibility index (Phi) is 4.29. The SMILES string of the molecule is CC/C=C(\C)NC1CCC(N)CC1. The van der Waals surface area contributed by atoms with Crippen LogP contribution in [0.2, 0.25) is 0 Å². The van der Waals surface area contributed by atoms with Gasteiger partial charge in [-0.3, -0.25) is 0 Å². The second-order valence-electron chi connectivity index (χ2n) is 4.05. The third-order valence-electron chi connectivity index (χ3n) is 2.71. The molecule has 0 radical (unpaired) electrons. The topological polar surface area (TPSA) is 38.0 Å². The van der Waals surface area contributed by atoms with E-state index in [1.807, 2.05) is 0 Å². The largest absolute Gasteiger partial charge is 0.386 e. The van der Waals surface area contributed by atoms with Crippen molar-refractivity contribution in [2.45, 2.75) is 58.0 Å². The Bertz CT molecular complexity index is 167. The van der Waals surface area contributed by atoms with E-state index >= 15 is 0 Å². The average Bonchev–Trinajstić information content (AvgIpc) is 2.09. The van der Waals surface area contributed by atoms with Gasteiger partial charge in [0.1, 0.15) is 0 Å².